The summed E-state index contributed by atoms with van der Waals surface area (Å²) in [7, 11) is 0. The lowest BCUT2D eigenvalue weighted by Gasteiger charge is -2.25. The zero-order chi connectivity index (χ0) is 13.4. The standard InChI is InChI=1S/C17H19NO/c1-11-6-12(2)8-15(7-11)14-4-5-17-16(9-14)18-10-13(3)19-17/h4-9,13,18H,10H2,1-3H3. The summed E-state index contributed by atoms with van der Waals surface area (Å²) in [6.45, 7) is 7.22. The third-order valence-electron chi connectivity index (χ3n) is 3.44. The van der Waals surface area contributed by atoms with Gasteiger partial charge < -0.3 is 10.1 Å². The van der Waals surface area contributed by atoms with Gasteiger partial charge in [-0.3, -0.25) is 0 Å². The maximum Gasteiger partial charge on any atom is 0.142 e. The Hall–Kier alpha value is -1.96. The number of nitrogens with one attached hydrogen (secondary N) is 1. The largest absolute Gasteiger partial charge is 0.487 e. The minimum absolute atomic E-state index is 0.236. The number of ether oxygens (including phenoxy) is 1. The van der Waals surface area contributed by atoms with E-state index in [9.17, 15) is 0 Å². The molecule has 2 aromatic rings. The minimum Gasteiger partial charge on any atom is -0.487 e. The van der Waals surface area contributed by atoms with Gasteiger partial charge in [-0.05, 0) is 44.0 Å². The van der Waals surface area contributed by atoms with Crippen molar-refractivity contribution >= 4 is 5.69 Å². The van der Waals surface area contributed by atoms with Gasteiger partial charge in [0.1, 0.15) is 11.9 Å². The lowest BCUT2D eigenvalue weighted by atomic mass is 10.00. The summed E-state index contributed by atoms with van der Waals surface area (Å²) in [4.78, 5) is 0. The first-order chi connectivity index (χ1) is 9.11. The summed E-state index contributed by atoms with van der Waals surface area (Å²) in [6, 6.07) is 13.0. The summed E-state index contributed by atoms with van der Waals surface area (Å²) >= 11 is 0. The number of anilines is 1. The topological polar surface area (TPSA) is 21.3 Å². The Balaban J connectivity index is 2.02. The maximum atomic E-state index is 5.81. The number of benzene rings is 2. The number of aryl methyl sites for hydroxylation is 2. The molecule has 0 radical (unpaired) electrons. The molecule has 1 unspecified atom stereocenters. The molecule has 1 atom stereocenters. The average Bonchev–Trinajstić information content (AvgIpc) is 2.37. The van der Waals surface area contributed by atoms with Crippen LogP contribution in [-0.2, 0) is 0 Å². The van der Waals surface area contributed by atoms with Crippen molar-refractivity contribution in [3.05, 3.63) is 47.5 Å². The molecule has 1 N–H and O–H groups in total. The number of hydrogen-bond acceptors (Lipinski definition) is 2. The highest BCUT2D eigenvalue weighted by atomic mass is 16.5. The summed E-state index contributed by atoms with van der Waals surface area (Å²) in [5, 5.41) is 3.43. The van der Waals surface area contributed by atoms with Gasteiger partial charge in [0.15, 0.2) is 0 Å². The van der Waals surface area contributed by atoms with Crippen molar-refractivity contribution in [1.29, 1.82) is 0 Å². The SMILES string of the molecule is Cc1cc(C)cc(-c2ccc3c(c2)NCC(C)O3)c1. The molecule has 2 aromatic carbocycles. The van der Waals surface area contributed by atoms with Gasteiger partial charge in [-0.25, -0.2) is 0 Å². The van der Waals surface area contributed by atoms with Gasteiger partial charge in [-0.15, -0.1) is 0 Å². The van der Waals surface area contributed by atoms with Crippen molar-refractivity contribution in [2.75, 3.05) is 11.9 Å². The Labute approximate surface area is 114 Å². The quantitative estimate of drug-likeness (QED) is 0.823. The zero-order valence-corrected chi connectivity index (χ0v) is 11.7. The van der Waals surface area contributed by atoms with Crippen LogP contribution in [0.4, 0.5) is 5.69 Å². The van der Waals surface area contributed by atoms with Crippen LogP contribution >= 0.6 is 0 Å². The molecule has 1 aliphatic rings. The smallest absolute Gasteiger partial charge is 0.142 e. The van der Waals surface area contributed by atoms with Crippen LogP contribution in [-0.4, -0.2) is 12.6 Å². The van der Waals surface area contributed by atoms with Crippen molar-refractivity contribution in [2.45, 2.75) is 26.9 Å². The summed E-state index contributed by atoms with van der Waals surface area (Å²) in [5.74, 6) is 0.951. The van der Waals surface area contributed by atoms with E-state index in [1.807, 2.05) is 0 Å². The van der Waals surface area contributed by atoms with Crippen molar-refractivity contribution in [1.82, 2.24) is 0 Å². The number of fused-ring (bicyclic) bond motifs is 1. The van der Waals surface area contributed by atoms with E-state index in [1.165, 1.54) is 22.3 Å². The van der Waals surface area contributed by atoms with E-state index in [-0.39, 0.29) is 6.10 Å². The second kappa shape index (κ2) is 4.61. The summed E-state index contributed by atoms with van der Waals surface area (Å²) in [6.07, 6.45) is 0.236. The molecule has 0 fully saturated rings. The molecule has 2 nitrogen and oxygen atoms in total. The van der Waals surface area contributed by atoms with Gasteiger partial charge in [0.05, 0.1) is 12.2 Å². The lowest BCUT2D eigenvalue weighted by molar-refractivity contribution is 0.226. The maximum absolute atomic E-state index is 5.81. The molecule has 0 aliphatic carbocycles. The van der Waals surface area contributed by atoms with Gasteiger partial charge in [0.25, 0.3) is 0 Å². The Bertz CT molecular complexity index is 598. The number of rotatable bonds is 1. The van der Waals surface area contributed by atoms with Gasteiger partial charge >= 0.3 is 0 Å². The third-order valence-corrected chi connectivity index (χ3v) is 3.44. The Kier molecular flexibility index (Phi) is 2.94. The highest BCUT2D eigenvalue weighted by molar-refractivity contribution is 5.73. The molecule has 3 rings (SSSR count). The van der Waals surface area contributed by atoms with E-state index < -0.39 is 0 Å². The normalized spacial score (nSPS) is 17.3. The van der Waals surface area contributed by atoms with Gasteiger partial charge in [-0.2, -0.15) is 0 Å². The van der Waals surface area contributed by atoms with E-state index in [1.54, 1.807) is 0 Å². The molecule has 0 spiro atoms. The van der Waals surface area contributed by atoms with E-state index in [2.05, 4.69) is 62.5 Å². The van der Waals surface area contributed by atoms with Crippen LogP contribution in [0.2, 0.25) is 0 Å². The van der Waals surface area contributed by atoms with Gasteiger partial charge in [0.2, 0.25) is 0 Å². The molecule has 1 heterocycles. The van der Waals surface area contributed by atoms with Crippen molar-refractivity contribution in [3.63, 3.8) is 0 Å². The Morgan fingerprint density at radius 3 is 2.47 bits per heavy atom. The van der Waals surface area contributed by atoms with Crippen LogP contribution in [0.3, 0.4) is 0 Å². The van der Waals surface area contributed by atoms with Crippen LogP contribution in [0, 0.1) is 13.8 Å². The first-order valence-corrected chi connectivity index (χ1v) is 6.75. The Morgan fingerprint density at radius 1 is 1.00 bits per heavy atom. The van der Waals surface area contributed by atoms with E-state index in [0.29, 0.717) is 0 Å². The zero-order valence-electron chi connectivity index (χ0n) is 11.7. The van der Waals surface area contributed by atoms with E-state index in [4.69, 9.17) is 4.74 Å². The van der Waals surface area contributed by atoms with Crippen molar-refractivity contribution in [2.24, 2.45) is 0 Å². The minimum atomic E-state index is 0.236. The molecule has 19 heavy (non-hydrogen) atoms. The van der Waals surface area contributed by atoms with Crippen molar-refractivity contribution < 1.29 is 4.74 Å². The van der Waals surface area contributed by atoms with Gasteiger partial charge in [0, 0.05) is 0 Å². The third kappa shape index (κ3) is 2.43. The van der Waals surface area contributed by atoms with Crippen molar-refractivity contribution in [3.8, 4) is 16.9 Å². The first kappa shape index (κ1) is 12.1. The first-order valence-electron chi connectivity index (χ1n) is 6.75. The van der Waals surface area contributed by atoms with Crippen LogP contribution in [0.1, 0.15) is 18.1 Å². The predicted molar refractivity (Wildman–Crippen MR) is 79.9 cm³/mol. The number of hydrogen-bond donors (Lipinski definition) is 1. The lowest BCUT2D eigenvalue weighted by Crippen LogP contribution is -2.27. The molecular weight excluding hydrogens is 234 g/mol. The fraction of sp³-hybridized carbons (Fsp3) is 0.294. The monoisotopic (exact) mass is 253 g/mol. The molecule has 2 heteroatoms. The van der Waals surface area contributed by atoms with Crippen LogP contribution in [0.15, 0.2) is 36.4 Å². The molecule has 98 valence electrons. The molecule has 0 saturated heterocycles. The molecule has 1 aliphatic heterocycles. The summed E-state index contributed by atoms with van der Waals surface area (Å²) < 4.78 is 5.81. The molecule has 0 bridgehead atoms. The Morgan fingerprint density at radius 2 is 1.74 bits per heavy atom. The predicted octanol–water partition coefficient (Wildman–Crippen LogP) is 4.16. The van der Waals surface area contributed by atoms with Crippen LogP contribution in [0.5, 0.6) is 5.75 Å². The molecule has 0 aromatic heterocycles. The summed E-state index contributed by atoms with van der Waals surface area (Å²) in [5.41, 5.74) is 6.18. The fourth-order valence-corrected chi connectivity index (χ4v) is 2.60. The van der Waals surface area contributed by atoms with Gasteiger partial charge in [-0.1, -0.05) is 35.4 Å². The molecule has 0 saturated carbocycles. The second-order valence-electron chi connectivity index (χ2n) is 5.40. The molecule has 0 amide bonds. The molecular formula is C17H19NO. The van der Waals surface area contributed by atoms with E-state index in [0.717, 1.165) is 18.0 Å². The van der Waals surface area contributed by atoms with Crippen LogP contribution < -0.4 is 10.1 Å². The van der Waals surface area contributed by atoms with Crippen LogP contribution in [0.25, 0.3) is 11.1 Å². The average molecular weight is 253 g/mol. The highest BCUT2D eigenvalue weighted by Crippen LogP contribution is 2.34. The fourth-order valence-electron chi connectivity index (χ4n) is 2.60. The van der Waals surface area contributed by atoms with E-state index >= 15 is 0 Å². The second-order valence-corrected chi connectivity index (χ2v) is 5.40. The highest BCUT2D eigenvalue weighted by Gasteiger charge is 2.15.